The normalized spacial score (nSPS) is 17.2. The van der Waals surface area contributed by atoms with Crippen molar-refractivity contribution in [3.8, 4) is 11.9 Å². The lowest BCUT2D eigenvalue weighted by atomic mass is 10.1. The topological polar surface area (TPSA) is 130 Å². The average molecular weight is 596 g/mol. The summed E-state index contributed by atoms with van der Waals surface area (Å²) in [7, 11) is 0. The van der Waals surface area contributed by atoms with Crippen LogP contribution in [0.25, 0.3) is 21.3 Å². The van der Waals surface area contributed by atoms with Crippen LogP contribution in [0.1, 0.15) is 33.2 Å². The van der Waals surface area contributed by atoms with E-state index in [1.807, 2.05) is 30.3 Å². The van der Waals surface area contributed by atoms with Crippen LogP contribution in [0.3, 0.4) is 0 Å². The largest absolute Gasteiger partial charge is 0.478 e. The first-order valence-electron chi connectivity index (χ1n) is 14.2. The number of hydrogen-bond acceptors (Lipinski definition) is 10. The number of pyridine rings is 1. The molecular formula is C31H29N7O4S. The summed E-state index contributed by atoms with van der Waals surface area (Å²) in [4.78, 5) is 30.5. The third-order valence-corrected chi connectivity index (χ3v) is 8.92. The van der Waals surface area contributed by atoms with Gasteiger partial charge in [0.25, 0.3) is 0 Å². The minimum Gasteiger partial charge on any atom is -0.478 e. The molecule has 2 aliphatic rings. The van der Waals surface area contributed by atoms with E-state index in [1.165, 1.54) is 11.3 Å². The number of nitrogens with zero attached hydrogens (tertiary/aromatic N) is 7. The molecule has 0 saturated carbocycles. The predicted octanol–water partition coefficient (Wildman–Crippen LogP) is 4.30. The van der Waals surface area contributed by atoms with Gasteiger partial charge in [0.15, 0.2) is 0 Å². The number of imidazole rings is 1. The Balaban J connectivity index is 0.996. The van der Waals surface area contributed by atoms with Gasteiger partial charge in [-0.1, -0.05) is 6.07 Å². The van der Waals surface area contributed by atoms with Gasteiger partial charge in [0, 0.05) is 38.9 Å². The number of rotatable bonds is 9. The van der Waals surface area contributed by atoms with Gasteiger partial charge in [-0.2, -0.15) is 10.2 Å². The maximum atomic E-state index is 11.6. The van der Waals surface area contributed by atoms with Gasteiger partial charge in [-0.05, 0) is 48.9 Å². The fraction of sp³-hybridized carbons (Fsp3) is 0.323. The minimum absolute atomic E-state index is 0.133. The lowest BCUT2D eigenvalue weighted by Gasteiger charge is -2.35. The highest BCUT2D eigenvalue weighted by Gasteiger charge is 2.25. The van der Waals surface area contributed by atoms with Crippen LogP contribution in [0, 0.1) is 11.3 Å². The summed E-state index contributed by atoms with van der Waals surface area (Å²) in [5, 5.41) is 19.5. The third kappa shape index (κ3) is 5.75. The fourth-order valence-electron chi connectivity index (χ4n) is 5.50. The first-order chi connectivity index (χ1) is 21.0. The number of ether oxygens (including phenoxy) is 2. The number of carboxylic acid groups (broad SMARTS) is 1. The molecule has 5 aromatic rings. The van der Waals surface area contributed by atoms with E-state index in [0.29, 0.717) is 31.1 Å². The van der Waals surface area contributed by atoms with Crippen molar-refractivity contribution in [2.24, 2.45) is 0 Å². The Labute approximate surface area is 251 Å². The Kier molecular flexibility index (Phi) is 7.36. The number of piperazine rings is 1. The molecule has 7 rings (SSSR count). The molecule has 12 heteroatoms. The SMILES string of the molecule is N#Cc1ccc2nc(COc3cccc(N4CCN(Cc5nc6ccc(C(=O)O)cc6n5CC5CCO5)CC4)n3)sc2c1. The molecule has 0 bridgehead atoms. The molecule has 0 aliphatic carbocycles. The van der Waals surface area contributed by atoms with Gasteiger partial charge in [0.2, 0.25) is 5.88 Å². The Hall–Kier alpha value is -4.57. The summed E-state index contributed by atoms with van der Waals surface area (Å²) in [5.74, 6) is 1.40. The Morgan fingerprint density at radius 3 is 2.67 bits per heavy atom. The highest BCUT2D eigenvalue weighted by molar-refractivity contribution is 7.18. The minimum atomic E-state index is -0.942. The quantitative estimate of drug-likeness (QED) is 0.263. The van der Waals surface area contributed by atoms with E-state index < -0.39 is 5.97 Å². The molecule has 2 aromatic carbocycles. The zero-order valence-corrected chi connectivity index (χ0v) is 24.2. The van der Waals surface area contributed by atoms with Crippen molar-refractivity contribution in [1.29, 1.82) is 5.26 Å². The standard InChI is InChI=1S/C31H29N7O4S/c32-16-20-4-6-24-26(14-20)43-30(34-24)19-42-29-3-1-2-27(35-29)37-11-9-36(10-12-37)18-28-33-23-7-5-21(31(39)40)15-25(23)38(28)17-22-8-13-41-22/h1-7,14-15,22H,8-13,17-19H2,(H,39,40). The smallest absolute Gasteiger partial charge is 0.335 e. The first kappa shape index (κ1) is 27.3. The summed E-state index contributed by atoms with van der Waals surface area (Å²) in [6, 6.07) is 18.6. The predicted molar refractivity (Wildman–Crippen MR) is 161 cm³/mol. The maximum absolute atomic E-state index is 11.6. The summed E-state index contributed by atoms with van der Waals surface area (Å²) in [6.07, 6.45) is 1.13. The molecule has 1 unspecified atom stereocenters. The van der Waals surface area contributed by atoms with Crippen LogP contribution >= 0.6 is 11.3 Å². The van der Waals surface area contributed by atoms with E-state index in [0.717, 1.165) is 77.1 Å². The van der Waals surface area contributed by atoms with Gasteiger partial charge in [0.1, 0.15) is 23.3 Å². The lowest BCUT2D eigenvalue weighted by molar-refractivity contribution is -0.0592. The molecule has 5 heterocycles. The van der Waals surface area contributed by atoms with Gasteiger partial charge in [-0.3, -0.25) is 4.90 Å². The van der Waals surface area contributed by atoms with Crippen LogP contribution in [0.4, 0.5) is 5.82 Å². The molecule has 11 nitrogen and oxygen atoms in total. The van der Waals surface area contributed by atoms with Gasteiger partial charge >= 0.3 is 5.97 Å². The summed E-state index contributed by atoms with van der Waals surface area (Å²) in [5.41, 5.74) is 3.38. The number of carbonyl (C=O) groups is 1. The maximum Gasteiger partial charge on any atom is 0.335 e. The molecule has 218 valence electrons. The number of aromatic nitrogens is 4. The lowest BCUT2D eigenvalue weighted by Crippen LogP contribution is -2.46. The van der Waals surface area contributed by atoms with Crippen molar-refractivity contribution in [2.75, 3.05) is 37.7 Å². The Bertz CT molecular complexity index is 1850. The second kappa shape index (κ2) is 11.6. The molecule has 1 N–H and O–H groups in total. The number of anilines is 1. The van der Waals surface area contributed by atoms with Crippen molar-refractivity contribution in [3.05, 3.63) is 76.6 Å². The van der Waals surface area contributed by atoms with Crippen molar-refractivity contribution in [3.63, 3.8) is 0 Å². The number of fused-ring (bicyclic) bond motifs is 2. The number of nitriles is 1. The molecular weight excluding hydrogens is 566 g/mol. The first-order valence-corrected chi connectivity index (χ1v) is 15.0. The van der Waals surface area contributed by atoms with E-state index in [2.05, 4.69) is 25.4 Å². The van der Waals surface area contributed by atoms with Crippen molar-refractivity contribution < 1.29 is 19.4 Å². The molecule has 2 saturated heterocycles. The fourth-order valence-corrected chi connectivity index (χ4v) is 6.42. The summed E-state index contributed by atoms with van der Waals surface area (Å²) >= 11 is 1.52. The van der Waals surface area contributed by atoms with Gasteiger partial charge in [0.05, 0.1) is 57.6 Å². The zero-order chi connectivity index (χ0) is 29.3. The van der Waals surface area contributed by atoms with E-state index in [9.17, 15) is 9.90 Å². The summed E-state index contributed by atoms with van der Waals surface area (Å²) < 4.78 is 14.8. The van der Waals surface area contributed by atoms with Crippen molar-refractivity contribution in [1.82, 2.24) is 24.4 Å². The van der Waals surface area contributed by atoms with Crippen molar-refractivity contribution >= 4 is 44.4 Å². The van der Waals surface area contributed by atoms with Crippen LogP contribution in [-0.2, 0) is 24.4 Å². The average Bonchev–Trinajstić information content (AvgIpc) is 3.57. The highest BCUT2D eigenvalue weighted by atomic mass is 32.1. The van der Waals surface area contributed by atoms with Gasteiger partial charge in [-0.25, -0.2) is 14.8 Å². The number of carboxylic acids is 1. The van der Waals surface area contributed by atoms with Crippen molar-refractivity contribution in [2.45, 2.75) is 32.2 Å². The van der Waals surface area contributed by atoms with Crippen LogP contribution in [0.15, 0.2) is 54.6 Å². The number of thiazole rings is 1. The molecule has 0 spiro atoms. The van der Waals surface area contributed by atoms with Crippen LogP contribution < -0.4 is 9.64 Å². The molecule has 43 heavy (non-hydrogen) atoms. The Morgan fingerprint density at radius 1 is 1.07 bits per heavy atom. The molecule has 0 radical (unpaired) electrons. The van der Waals surface area contributed by atoms with Gasteiger partial charge in [-0.15, -0.1) is 11.3 Å². The van der Waals surface area contributed by atoms with E-state index in [-0.39, 0.29) is 11.7 Å². The summed E-state index contributed by atoms with van der Waals surface area (Å²) in [6.45, 7) is 5.72. The second-order valence-corrected chi connectivity index (χ2v) is 11.8. The molecule has 2 aliphatic heterocycles. The number of aromatic carboxylic acids is 1. The van der Waals surface area contributed by atoms with Gasteiger partial charge < -0.3 is 24.0 Å². The van der Waals surface area contributed by atoms with E-state index >= 15 is 0 Å². The molecule has 1 atom stereocenters. The molecule has 2 fully saturated rings. The molecule has 0 amide bonds. The van der Waals surface area contributed by atoms with Crippen LogP contribution in [-0.4, -0.2) is 74.4 Å². The number of hydrogen-bond donors (Lipinski definition) is 1. The third-order valence-electron chi connectivity index (χ3n) is 7.93. The molecule has 3 aromatic heterocycles. The highest BCUT2D eigenvalue weighted by Crippen LogP contribution is 2.26. The zero-order valence-electron chi connectivity index (χ0n) is 23.3. The Morgan fingerprint density at radius 2 is 1.91 bits per heavy atom. The van der Waals surface area contributed by atoms with E-state index in [4.69, 9.17) is 24.7 Å². The monoisotopic (exact) mass is 595 g/mol. The van der Waals surface area contributed by atoms with Crippen LogP contribution in [0.5, 0.6) is 5.88 Å². The van der Waals surface area contributed by atoms with Crippen LogP contribution in [0.2, 0.25) is 0 Å². The number of benzene rings is 2. The second-order valence-electron chi connectivity index (χ2n) is 10.7. The van der Waals surface area contributed by atoms with E-state index in [1.54, 1.807) is 24.3 Å².